The van der Waals surface area contributed by atoms with Crippen molar-refractivity contribution in [2.45, 2.75) is 13.3 Å². The summed E-state index contributed by atoms with van der Waals surface area (Å²) in [5.74, 6) is 0.883. The number of ether oxygens (including phenoxy) is 1. The van der Waals surface area contributed by atoms with E-state index in [1.165, 1.54) is 16.7 Å². The molecule has 0 atom stereocenters. The van der Waals surface area contributed by atoms with Gasteiger partial charge in [0.1, 0.15) is 5.75 Å². The SMILES string of the molecule is COc1ccc(Cc2cnn(-c3ccc(C)cc3)c2)cc1. The monoisotopic (exact) mass is 278 g/mol. The number of rotatable bonds is 4. The van der Waals surface area contributed by atoms with Crippen molar-refractivity contribution in [3.8, 4) is 11.4 Å². The highest BCUT2D eigenvalue weighted by atomic mass is 16.5. The molecule has 0 fully saturated rings. The highest BCUT2D eigenvalue weighted by Gasteiger charge is 2.02. The summed E-state index contributed by atoms with van der Waals surface area (Å²) in [6.45, 7) is 2.09. The van der Waals surface area contributed by atoms with E-state index in [2.05, 4.69) is 54.6 Å². The molecule has 3 nitrogen and oxygen atoms in total. The summed E-state index contributed by atoms with van der Waals surface area (Å²) in [7, 11) is 1.68. The lowest BCUT2D eigenvalue weighted by Crippen LogP contribution is -1.93. The maximum absolute atomic E-state index is 5.17. The molecule has 0 bridgehead atoms. The van der Waals surface area contributed by atoms with E-state index in [1.54, 1.807) is 7.11 Å². The number of nitrogens with zero attached hydrogens (tertiary/aromatic N) is 2. The van der Waals surface area contributed by atoms with Crippen LogP contribution in [0.5, 0.6) is 5.75 Å². The Morgan fingerprint density at radius 1 is 0.952 bits per heavy atom. The highest BCUT2D eigenvalue weighted by molar-refractivity contribution is 5.35. The van der Waals surface area contributed by atoms with Gasteiger partial charge in [-0.3, -0.25) is 0 Å². The number of methoxy groups -OCH3 is 1. The summed E-state index contributed by atoms with van der Waals surface area (Å²) in [5.41, 5.74) is 4.78. The summed E-state index contributed by atoms with van der Waals surface area (Å²) >= 11 is 0. The Kier molecular flexibility index (Phi) is 3.73. The van der Waals surface area contributed by atoms with E-state index in [4.69, 9.17) is 4.74 Å². The fraction of sp³-hybridized carbons (Fsp3) is 0.167. The van der Waals surface area contributed by atoms with Gasteiger partial charge in [0, 0.05) is 12.6 Å². The molecule has 21 heavy (non-hydrogen) atoms. The molecule has 0 aliphatic heterocycles. The number of aromatic nitrogens is 2. The van der Waals surface area contributed by atoms with Crippen LogP contribution in [-0.2, 0) is 6.42 Å². The topological polar surface area (TPSA) is 27.1 Å². The second-order valence-electron chi connectivity index (χ2n) is 5.15. The van der Waals surface area contributed by atoms with Gasteiger partial charge in [-0.2, -0.15) is 5.10 Å². The Bertz CT molecular complexity index is 712. The molecule has 3 aromatic rings. The van der Waals surface area contributed by atoms with E-state index >= 15 is 0 Å². The molecule has 0 unspecified atom stereocenters. The van der Waals surface area contributed by atoms with Crippen LogP contribution in [0.1, 0.15) is 16.7 Å². The van der Waals surface area contributed by atoms with Gasteiger partial charge >= 0.3 is 0 Å². The summed E-state index contributed by atoms with van der Waals surface area (Å²) in [4.78, 5) is 0. The third-order valence-electron chi connectivity index (χ3n) is 3.50. The lowest BCUT2D eigenvalue weighted by atomic mass is 10.1. The molecule has 0 amide bonds. The van der Waals surface area contributed by atoms with Crippen LogP contribution in [0.25, 0.3) is 5.69 Å². The molecule has 3 heteroatoms. The van der Waals surface area contributed by atoms with Crippen LogP contribution >= 0.6 is 0 Å². The van der Waals surface area contributed by atoms with E-state index in [0.717, 1.165) is 17.9 Å². The Hall–Kier alpha value is -2.55. The minimum Gasteiger partial charge on any atom is -0.497 e. The van der Waals surface area contributed by atoms with E-state index in [1.807, 2.05) is 23.0 Å². The third-order valence-corrected chi connectivity index (χ3v) is 3.50. The lowest BCUT2D eigenvalue weighted by molar-refractivity contribution is 0.414. The molecule has 0 N–H and O–H groups in total. The molecule has 0 aliphatic carbocycles. The summed E-state index contributed by atoms with van der Waals surface area (Å²) in [6.07, 6.45) is 4.87. The van der Waals surface area contributed by atoms with Crippen molar-refractivity contribution >= 4 is 0 Å². The van der Waals surface area contributed by atoms with Gasteiger partial charge in [0.15, 0.2) is 0 Å². The van der Waals surface area contributed by atoms with Crippen molar-refractivity contribution in [2.24, 2.45) is 0 Å². The van der Waals surface area contributed by atoms with Gasteiger partial charge in [0.2, 0.25) is 0 Å². The third kappa shape index (κ3) is 3.14. The van der Waals surface area contributed by atoms with Crippen LogP contribution in [0.2, 0.25) is 0 Å². The molecule has 1 aromatic heterocycles. The maximum atomic E-state index is 5.17. The smallest absolute Gasteiger partial charge is 0.118 e. The van der Waals surface area contributed by atoms with Crippen LogP contribution in [0.4, 0.5) is 0 Å². The molecule has 0 saturated heterocycles. The van der Waals surface area contributed by atoms with Gasteiger partial charge in [-0.15, -0.1) is 0 Å². The van der Waals surface area contributed by atoms with E-state index < -0.39 is 0 Å². The zero-order valence-electron chi connectivity index (χ0n) is 12.3. The molecule has 106 valence electrons. The van der Waals surface area contributed by atoms with Gasteiger partial charge in [0.25, 0.3) is 0 Å². The molecule has 3 rings (SSSR count). The number of hydrogen-bond donors (Lipinski definition) is 0. The van der Waals surface area contributed by atoms with Crippen molar-refractivity contribution in [3.05, 3.63) is 77.6 Å². The fourth-order valence-electron chi connectivity index (χ4n) is 2.27. The zero-order chi connectivity index (χ0) is 14.7. The van der Waals surface area contributed by atoms with Crippen molar-refractivity contribution in [2.75, 3.05) is 7.11 Å². The summed E-state index contributed by atoms with van der Waals surface area (Å²) in [5, 5.41) is 4.44. The Balaban J connectivity index is 1.76. The zero-order valence-corrected chi connectivity index (χ0v) is 12.3. The minimum atomic E-state index is 0.871. The standard InChI is InChI=1S/C18H18N2O/c1-14-3-7-17(8-4-14)20-13-16(12-19-20)11-15-5-9-18(21-2)10-6-15/h3-10,12-13H,11H2,1-2H3. The van der Waals surface area contributed by atoms with Crippen LogP contribution < -0.4 is 4.74 Å². The average molecular weight is 278 g/mol. The first-order valence-corrected chi connectivity index (χ1v) is 6.98. The Morgan fingerprint density at radius 3 is 2.33 bits per heavy atom. The predicted molar refractivity (Wildman–Crippen MR) is 84.1 cm³/mol. The molecular formula is C18H18N2O. The molecule has 0 spiro atoms. The van der Waals surface area contributed by atoms with E-state index in [9.17, 15) is 0 Å². The van der Waals surface area contributed by atoms with Crippen LogP contribution in [0.3, 0.4) is 0 Å². The number of aryl methyl sites for hydroxylation is 1. The van der Waals surface area contributed by atoms with Crippen molar-refractivity contribution < 1.29 is 4.74 Å². The normalized spacial score (nSPS) is 10.6. The first-order chi connectivity index (χ1) is 10.2. The number of hydrogen-bond acceptors (Lipinski definition) is 2. The molecule has 0 aliphatic rings. The highest BCUT2D eigenvalue weighted by Crippen LogP contribution is 2.16. The molecule has 1 heterocycles. The van der Waals surface area contributed by atoms with Gasteiger partial charge < -0.3 is 4.74 Å². The summed E-state index contributed by atoms with van der Waals surface area (Å²) < 4.78 is 7.09. The van der Waals surface area contributed by atoms with Crippen molar-refractivity contribution in [1.82, 2.24) is 9.78 Å². The van der Waals surface area contributed by atoms with Crippen LogP contribution in [0, 0.1) is 6.92 Å². The second kappa shape index (κ2) is 5.83. The lowest BCUT2D eigenvalue weighted by Gasteiger charge is -2.02. The Labute approximate surface area is 124 Å². The Morgan fingerprint density at radius 2 is 1.67 bits per heavy atom. The fourth-order valence-corrected chi connectivity index (χ4v) is 2.27. The van der Waals surface area contributed by atoms with E-state index in [-0.39, 0.29) is 0 Å². The van der Waals surface area contributed by atoms with Gasteiger partial charge in [0.05, 0.1) is 19.0 Å². The molecular weight excluding hydrogens is 260 g/mol. The largest absolute Gasteiger partial charge is 0.497 e. The van der Waals surface area contributed by atoms with Gasteiger partial charge in [-0.05, 0) is 42.3 Å². The molecule has 2 aromatic carbocycles. The van der Waals surface area contributed by atoms with Crippen LogP contribution in [-0.4, -0.2) is 16.9 Å². The summed E-state index contributed by atoms with van der Waals surface area (Å²) in [6, 6.07) is 16.5. The molecule has 0 saturated carbocycles. The quantitative estimate of drug-likeness (QED) is 0.726. The first kappa shape index (κ1) is 13.4. The van der Waals surface area contributed by atoms with Crippen molar-refractivity contribution in [3.63, 3.8) is 0 Å². The number of benzene rings is 2. The maximum Gasteiger partial charge on any atom is 0.118 e. The van der Waals surface area contributed by atoms with Crippen LogP contribution in [0.15, 0.2) is 60.9 Å². The van der Waals surface area contributed by atoms with Crippen molar-refractivity contribution in [1.29, 1.82) is 0 Å². The minimum absolute atomic E-state index is 0.871. The van der Waals surface area contributed by atoms with Gasteiger partial charge in [-0.1, -0.05) is 29.8 Å². The van der Waals surface area contributed by atoms with Gasteiger partial charge in [-0.25, -0.2) is 4.68 Å². The predicted octanol–water partition coefficient (Wildman–Crippen LogP) is 3.78. The first-order valence-electron chi connectivity index (χ1n) is 6.98. The molecule has 0 radical (unpaired) electrons. The average Bonchev–Trinajstić information content (AvgIpc) is 2.97. The second-order valence-corrected chi connectivity index (χ2v) is 5.15. The van der Waals surface area contributed by atoms with E-state index in [0.29, 0.717) is 0 Å².